The molecule has 17 heteroatoms. The first-order valence-corrected chi connectivity index (χ1v) is 12.8. The molecule has 2 aromatic carbocycles. The number of ether oxygens (including phenoxy) is 1. The van der Waals surface area contributed by atoms with E-state index in [4.69, 9.17) is 0 Å². The van der Waals surface area contributed by atoms with Crippen LogP contribution in [0, 0.1) is 0 Å². The van der Waals surface area contributed by atoms with Gasteiger partial charge in [-0.3, -0.25) is 14.4 Å². The van der Waals surface area contributed by atoms with Crippen LogP contribution in [0.15, 0.2) is 40.9 Å². The molecule has 1 atom stereocenters. The van der Waals surface area contributed by atoms with Crippen molar-refractivity contribution in [3.8, 4) is 5.75 Å². The molecule has 3 rings (SSSR count). The zero-order valence-electron chi connectivity index (χ0n) is 21.3. The van der Waals surface area contributed by atoms with E-state index in [9.17, 15) is 53.9 Å². The van der Waals surface area contributed by atoms with Gasteiger partial charge >= 0.3 is 36.4 Å². The molecule has 1 fully saturated rings. The Balaban J connectivity index is 1.90. The molecule has 3 amide bonds. The molecule has 1 aliphatic rings. The fourth-order valence-corrected chi connectivity index (χ4v) is 4.76. The lowest BCUT2D eigenvalue weighted by Crippen LogP contribution is -2.50. The Morgan fingerprint density at radius 1 is 0.976 bits per heavy atom. The van der Waals surface area contributed by atoms with Crippen LogP contribution in [0.4, 0.5) is 50.9 Å². The maximum Gasteiger partial charge on any atom is 0.435 e. The van der Waals surface area contributed by atoms with Crippen molar-refractivity contribution in [1.29, 1.82) is 0 Å². The van der Waals surface area contributed by atoms with E-state index < -0.39 is 63.8 Å². The third kappa shape index (κ3) is 6.93. The number of alkyl halides is 9. The lowest BCUT2D eigenvalue weighted by molar-refractivity contribution is -0.348. The van der Waals surface area contributed by atoms with E-state index in [1.807, 2.05) is 5.32 Å². The smallest absolute Gasteiger partial charge is 0.433 e. The molecule has 1 saturated heterocycles. The molecule has 0 spiro atoms. The second kappa shape index (κ2) is 12.4. The number of hydrogen-bond donors (Lipinski definition) is 2. The van der Waals surface area contributed by atoms with Gasteiger partial charge < -0.3 is 20.3 Å². The Kier molecular flexibility index (Phi) is 9.74. The van der Waals surface area contributed by atoms with Gasteiger partial charge in [0.2, 0.25) is 0 Å². The molecule has 2 aromatic rings. The summed E-state index contributed by atoms with van der Waals surface area (Å²) in [5.41, 5.74) is -9.28. The van der Waals surface area contributed by atoms with Crippen LogP contribution in [-0.2, 0) is 15.3 Å². The number of nitrogens with zero attached hydrogens (tertiary/aromatic N) is 1. The monoisotopic (exact) mass is 677 g/mol. The van der Waals surface area contributed by atoms with Crippen LogP contribution in [-0.4, -0.2) is 54.2 Å². The molecule has 0 saturated carbocycles. The second-order valence-corrected chi connectivity index (χ2v) is 10.1. The average Bonchev–Trinajstić information content (AvgIpc) is 2.88. The van der Waals surface area contributed by atoms with E-state index in [-0.39, 0.29) is 29.4 Å². The molecular weight excluding hydrogens is 657 g/mol. The molecule has 0 radical (unpaired) electrons. The topological polar surface area (TPSA) is 87.7 Å². The van der Waals surface area contributed by atoms with Gasteiger partial charge in [-0.2, -0.15) is 35.1 Å². The number of carbonyl (C=O) groups is 3. The summed E-state index contributed by atoms with van der Waals surface area (Å²) in [5.74, 6) is -4.37. The highest BCUT2D eigenvalue weighted by Gasteiger charge is 2.73. The zero-order valence-corrected chi connectivity index (χ0v) is 22.9. The van der Waals surface area contributed by atoms with Gasteiger partial charge in [-0.1, -0.05) is 6.07 Å². The van der Waals surface area contributed by atoms with Crippen molar-refractivity contribution in [2.75, 3.05) is 17.2 Å². The van der Waals surface area contributed by atoms with Crippen molar-refractivity contribution in [2.24, 2.45) is 0 Å². The van der Waals surface area contributed by atoms with E-state index >= 15 is 0 Å². The van der Waals surface area contributed by atoms with Crippen molar-refractivity contribution in [3.05, 3.63) is 52.0 Å². The minimum atomic E-state index is -6.55. The predicted octanol–water partition coefficient (Wildman–Crippen LogP) is 6.93. The molecule has 1 heterocycles. The van der Waals surface area contributed by atoms with Gasteiger partial charge in [0.25, 0.3) is 5.91 Å². The maximum absolute atomic E-state index is 14.6. The van der Waals surface area contributed by atoms with Gasteiger partial charge in [0.05, 0.1) is 5.69 Å². The third-order valence-electron chi connectivity index (χ3n) is 6.33. The number of likely N-dealkylation sites (tertiary alicyclic amines) is 1. The van der Waals surface area contributed by atoms with Crippen LogP contribution in [0.1, 0.15) is 42.1 Å². The highest BCUT2D eigenvalue weighted by atomic mass is 79.9. The van der Waals surface area contributed by atoms with Gasteiger partial charge in [-0.25, -0.2) is 4.39 Å². The molecular formula is C25H21BrF9N3O4. The van der Waals surface area contributed by atoms with Gasteiger partial charge in [-0.15, -0.1) is 0 Å². The summed E-state index contributed by atoms with van der Waals surface area (Å²) < 4.78 is 123. The van der Waals surface area contributed by atoms with Crippen molar-refractivity contribution in [2.45, 2.75) is 56.9 Å². The number of benzene rings is 2. The molecule has 0 aliphatic carbocycles. The molecule has 7 nitrogen and oxygen atoms in total. The Morgan fingerprint density at radius 3 is 2.19 bits per heavy atom. The maximum atomic E-state index is 14.6. The molecule has 1 aliphatic heterocycles. The van der Waals surface area contributed by atoms with Crippen LogP contribution < -0.4 is 15.4 Å². The Bertz CT molecular complexity index is 1340. The zero-order chi connectivity index (χ0) is 31.6. The molecule has 0 bridgehead atoms. The molecule has 42 heavy (non-hydrogen) atoms. The first-order chi connectivity index (χ1) is 19.4. The first kappa shape index (κ1) is 33.0. The van der Waals surface area contributed by atoms with Crippen LogP contribution in [0.2, 0.25) is 0 Å². The minimum Gasteiger partial charge on any atom is -0.433 e. The van der Waals surface area contributed by atoms with Gasteiger partial charge in [0.1, 0.15) is 0 Å². The Labute approximate surface area is 240 Å². The Hall–Kier alpha value is -3.50. The number of carbonyl (C=O) groups excluding carboxylic acids is 3. The quantitative estimate of drug-likeness (QED) is 0.256. The van der Waals surface area contributed by atoms with E-state index in [1.165, 1.54) is 17.0 Å². The number of rotatable bonds is 6. The van der Waals surface area contributed by atoms with Gasteiger partial charge in [0, 0.05) is 33.9 Å². The summed E-state index contributed by atoms with van der Waals surface area (Å²) in [6, 6.07) is 4.39. The van der Waals surface area contributed by atoms with Crippen molar-refractivity contribution in [1.82, 2.24) is 4.90 Å². The lowest BCUT2D eigenvalue weighted by Gasteiger charge is -2.32. The number of nitrogens with one attached hydrogen (secondary N) is 2. The van der Waals surface area contributed by atoms with Crippen molar-refractivity contribution >= 4 is 45.0 Å². The lowest BCUT2D eigenvalue weighted by atomic mass is 9.93. The number of anilines is 2. The van der Waals surface area contributed by atoms with Gasteiger partial charge in [0.15, 0.2) is 5.75 Å². The molecule has 0 aromatic heterocycles. The molecule has 230 valence electrons. The summed E-state index contributed by atoms with van der Waals surface area (Å²) in [6.45, 7) is -1.64. The SMILES string of the molecule is CC1CCCCN1C(=O)C(=O)Nc1cccc(C(=O)Nc2c(Br)cc(C(F)(C(F)(F)F)C(F)(F)F)cc2OC(F)F)c1. The first-order valence-electron chi connectivity index (χ1n) is 12.0. The normalized spacial score (nSPS) is 16.3. The molecule has 2 N–H and O–H groups in total. The van der Waals surface area contributed by atoms with Gasteiger partial charge in [-0.05, 0) is 72.4 Å². The number of halogens is 10. The fraction of sp³-hybridized carbons (Fsp3) is 0.400. The van der Waals surface area contributed by atoms with E-state index in [2.05, 4.69) is 26.0 Å². The number of hydrogen-bond acceptors (Lipinski definition) is 4. The summed E-state index contributed by atoms with van der Waals surface area (Å²) in [4.78, 5) is 39.3. The number of piperidine rings is 1. The predicted molar refractivity (Wildman–Crippen MR) is 134 cm³/mol. The second-order valence-electron chi connectivity index (χ2n) is 9.20. The average molecular weight is 678 g/mol. The van der Waals surface area contributed by atoms with Crippen LogP contribution >= 0.6 is 15.9 Å². The van der Waals surface area contributed by atoms with Crippen LogP contribution in [0.3, 0.4) is 0 Å². The standard InChI is InChI=1S/C25H21BrF9N3O4/c1-12-5-2-3-8-38(12)21(41)20(40)36-15-7-4-6-13(9-15)19(39)37-18-16(26)10-14(11-17(18)42-22(27)28)23(29,24(30,31)32)25(33,34)35/h4,6-7,9-12,22H,2-3,5,8H2,1H3,(H,36,40)(H,37,39). The third-order valence-corrected chi connectivity index (χ3v) is 6.95. The number of amides is 3. The highest BCUT2D eigenvalue weighted by Crippen LogP contribution is 2.55. The van der Waals surface area contributed by atoms with E-state index in [0.29, 0.717) is 19.4 Å². The highest BCUT2D eigenvalue weighted by molar-refractivity contribution is 9.10. The largest absolute Gasteiger partial charge is 0.435 e. The molecule has 1 unspecified atom stereocenters. The van der Waals surface area contributed by atoms with Crippen LogP contribution in [0.5, 0.6) is 5.75 Å². The van der Waals surface area contributed by atoms with Crippen molar-refractivity contribution in [3.63, 3.8) is 0 Å². The summed E-state index contributed by atoms with van der Waals surface area (Å²) in [7, 11) is 0. The fourth-order valence-electron chi connectivity index (χ4n) is 4.22. The van der Waals surface area contributed by atoms with E-state index in [1.54, 1.807) is 6.92 Å². The van der Waals surface area contributed by atoms with Crippen LogP contribution in [0.25, 0.3) is 0 Å². The summed E-state index contributed by atoms with van der Waals surface area (Å²) in [6.07, 6.45) is -10.8. The summed E-state index contributed by atoms with van der Waals surface area (Å²) >= 11 is 2.58. The Morgan fingerprint density at radius 2 is 1.62 bits per heavy atom. The van der Waals surface area contributed by atoms with Crippen molar-refractivity contribution < 1.29 is 58.6 Å². The van der Waals surface area contributed by atoms with E-state index in [0.717, 1.165) is 18.6 Å². The summed E-state index contributed by atoms with van der Waals surface area (Å²) in [5, 5.41) is 4.32. The minimum absolute atomic E-state index is 0.0127.